The van der Waals surface area contributed by atoms with E-state index < -0.39 is 5.60 Å². The number of furan rings is 1. The molecule has 32 heavy (non-hydrogen) atoms. The summed E-state index contributed by atoms with van der Waals surface area (Å²) < 4.78 is 19.3. The minimum atomic E-state index is -0.991. The number of benzene rings is 1. The zero-order valence-electron chi connectivity index (χ0n) is 17.7. The molecule has 0 saturated carbocycles. The predicted octanol–water partition coefficient (Wildman–Crippen LogP) is 4.09. The first kappa shape index (κ1) is 21.3. The van der Waals surface area contributed by atoms with Crippen LogP contribution in [0.5, 0.6) is 0 Å². The van der Waals surface area contributed by atoms with E-state index in [-0.39, 0.29) is 12.4 Å². The van der Waals surface area contributed by atoms with Gasteiger partial charge in [-0.3, -0.25) is 9.98 Å². The van der Waals surface area contributed by atoms with Gasteiger partial charge in [0.25, 0.3) is 0 Å². The van der Waals surface area contributed by atoms with Crippen LogP contribution in [0.4, 0.5) is 4.39 Å². The fraction of sp³-hybridized carbons (Fsp3) is 0.167. The summed E-state index contributed by atoms with van der Waals surface area (Å²) >= 11 is 0. The lowest BCUT2D eigenvalue weighted by Crippen LogP contribution is -2.22. The van der Waals surface area contributed by atoms with Gasteiger partial charge < -0.3 is 15.3 Å². The standard InChI is InChI=1S/C24H22FN5O2/c1-24(2,31)13-27-12-18(21(26)15-6-8-16(25)9-7-15)22-17-11-20(19-5-3-4-10-28-19)32-23(17)30-14-29-22/h3-12,14,31H,13,26H2,1-2H3/b21-18+,27-12?. The molecule has 0 aliphatic rings. The third-order valence-electron chi connectivity index (χ3n) is 4.65. The number of hydrogen-bond acceptors (Lipinski definition) is 7. The SMILES string of the molecule is CC(C)(O)CN=C/C(=C(\N)c1ccc(F)cc1)c1ncnc2oc(-c3ccccn3)cc12. The smallest absolute Gasteiger partial charge is 0.230 e. The quantitative estimate of drug-likeness (QED) is 0.445. The number of halogens is 1. The molecule has 1 aromatic carbocycles. The Morgan fingerprint density at radius 1 is 1.16 bits per heavy atom. The number of rotatable bonds is 6. The number of fused-ring (bicyclic) bond motifs is 1. The van der Waals surface area contributed by atoms with Crippen molar-refractivity contribution >= 4 is 28.6 Å². The van der Waals surface area contributed by atoms with E-state index in [2.05, 4.69) is 19.9 Å². The van der Waals surface area contributed by atoms with Crippen LogP contribution in [0.25, 0.3) is 33.8 Å². The molecule has 0 amide bonds. The van der Waals surface area contributed by atoms with E-state index in [1.807, 2.05) is 18.2 Å². The fourth-order valence-electron chi connectivity index (χ4n) is 3.11. The molecule has 0 aliphatic carbocycles. The Labute approximate surface area is 184 Å². The van der Waals surface area contributed by atoms with Crippen LogP contribution in [0, 0.1) is 5.82 Å². The molecule has 4 rings (SSSR count). The van der Waals surface area contributed by atoms with Gasteiger partial charge in [-0.2, -0.15) is 0 Å². The molecule has 3 heterocycles. The van der Waals surface area contributed by atoms with Gasteiger partial charge in [0.1, 0.15) is 17.8 Å². The van der Waals surface area contributed by atoms with E-state index in [4.69, 9.17) is 10.2 Å². The van der Waals surface area contributed by atoms with Crippen LogP contribution in [-0.2, 0) is 0 Å². The molecule has 4 aromatic rings. The summed E-state index contributed by atoms with van der Waals surface area (Å²) in [5.41, 5.74) is 8.48. The second-order valence-corrected chi connectivity index (χ2v) is 7.88. The molecule has 3 N–H and O–H groups in total. The highest BCUT2D eigenvalue weighted by atomic mass is 19.1. The van der Waals surface area contributed by atoms with Crippen LogP contribution in [0.15, 0.2) is 70.5 Å². The van der Waals surface area contributed by atoms with E-state index in [1.54, 1.807) is 44.5 Å². The maximum Gasteiger partial charge on any atom is 0.230 e. The summed E-state index contributed by atoms with van der Waals surface area (Å²) in [6.45, 7) is 3.48. The maximum atomic E-state index is 13.4. The third-order valence-corrected chi connectivity index (χ3v) is 4.65. The predicted molar refractivity (Wildman–Crippen MR) is 122 cm³/mol. The minimum absolute atomic E-state index is 0.159. The van der Waals surface area contributed by atoms with Crippen LogP contribution >= 0.6 is 0 Å². The Balaban J connectivity index is 1.88. The first-order valence-electron chi connectivity index (χ1n) is 9.96. The molecule has 0 saturated heterocycles. The van der Waals surface area contributed by atoms with E-state index in [9.17, 15) is 9.50 Å². The fourth-order valence-corrected chi connectivity index (χ4v) is 3.11. The highest BCUT2D eigenvalue weighted by molar-refractivity contribution is 6.21. The number of nitrogens with zero attached hydrogens (tertiary/aromatic N) is 4. The number of aromatic nitrogens is 3. The second kappa shape index (κ2) is 8.68. The Morgan fingerprint density at radius 2 is 1.94 bits per heavy atom. The summed E-state index contributed by atoms with van der Waals surface area (Å²) in [5, 5.41) is 10.7. The molecule has 0 radical (unpaired) electrons. The first-order chi connectivity index (χ1) is 15.3. The molecule has 162 valence electrons. The van der Waals surface area contributed by atoms with E-state index in [0.29, 0.717) is 45.1 Å². The average Bonchev–Trinajstić information content (AvgIpc) is 3.21. The average molecular weight is 431 g/mol. The number of aliphatic imine (C=N–C) groups is 1. The van der Waals surface area contributed by atoms with Gasteiger partial charge >= 0.3 is 0 Å². The Morgan fingerprint density at radius 3 is 2.62 bits per heavy atom. The maximum absolute atomic E-state index is 13.4. The molecule has 0 spiro atoms. The Hall–Kier alpha value is -3.91. The van der Waals surface area contributed by atoms with Gasteiger partial charge in [0, 0.05) is 23.7 Å². The van der Waals surface area contributed by atoms with Gasteiger partial charge in [-0.1, -0.05) is 6.07 Å². The molecule has 7 nitrogen and oxygen atoms in total. The van der Waals surface area contributed by atoms with Crippen molar-refractivity contribution in [3.05, 3.63) is 78.1 Å². The normalized spacial score (nSPS) is 13.0. The summed E-state index contributed by atoms with van der Waals surface area (Å²) in [6, 6.07) is 13.2. The van der Waals surface area contributed by atoms with Gasteiger partial charge in [-0.25, -0.2) is 14.4 Å². The highest BCUT2D eigenvalue weighted by Crippen LogP contribution is 2.31. The third kappa shape index (κ3) is 4.70. The van der Waals surface area contributed by atoms with Crippen LogP contribution in [0.3, 0.4) is 0 Å². The van der Waals surface area contributed by atoms with Gasteiger partial charge in [0.15, 0.2) is 5.76 Å². The van der Waals surface area contributed by atoms with E-state index in [1.165, 1.54) is 18.5 Å². The molecule has 0 aliphatic heterocycles. The van der Waals surface area contributed by atoms with E-state index in [0.717, 1.165) is 0 Å². The Bertz CT molecular complexity index is 1290. The van der Waals surface area contributed by atoms with Gasteiger partial charge in [0.2, 0.25) is 5.71 Å². The molecular weight excluding hydrogens is 409 g/mol. The zero-order chi connectivity index (χ0) is 22.7. The second-order valence-electron chi connectivity index (χ2n) is 7.88. The highest BCUT2D eigenvalue weighted by Gasteiger charge is 2.18. The lowest BCUT2D eigenvalue weighted by atomic mass is 10.0. The molecule has 0 fully saturated rings. The minimum Gasteiger partial charge on any atom is -0.436 e. The molecule has 8 heteroatoms. The van der Waals surface area contributed by atoms with Gasteiger partial charge in [0.05, 0.1) is 23.2 Å². The molecule has 0 atom stereocenters. The number of hydrogen-bond donors (Lipinski definition) is 2. The lowest BCUT2D eigenvalue weighted by Gasteiger charge is -2.14. The van der Waals surface area contributed by atoms with Crippen molar-refractivity contribution in [3.63, 3.8) is 0 Å². The number of pyridine rings is 1. The van der Waals surface area contributed by atoms with Crippen molar-refractivity contribution in [2.45, 2.75) is 19.4 Å². The van der Waals surface area contributed by atoms with Crippen molar-refractivity contribution in [2.24, 2.45) is 10.7 Å². The topological polar surface area (TPSA) is 110 Å². The van der Waals surface area contributed by atoms with Gasteiger partial charge in [-0.05, 0) is 61.9 Å². The summed E-state index contributed by atoms with van der Waals surface area (Å²) in [4.78, 5) is 17.3. The largest absolute Gasteiger partial charge is 0.436 e. The summed E-state index contributed by atoms with van der Waals surface area (Å²) in [7, 11) is 0. The van der Waals surface area contributed by atoms with Crippen LogP contribution in [-0.4, -0.2) is 38.4 Å². The molecular formula is C24H22FN5O2. The van der Waals surface area contributed by atoms with Crippen LogP contribution < -0.4 is 5.73 Å². The van der Waals surface area contributed by atoms with Crippen molar-refractivity contribution in [1.82, 2.24) is 15.0 Å². The lowest BCUT2D eigenvalue weighted by molar-refractivity contribution is 0.0906. The van der Waals surface area contributed by atoms with Crippen molar-refractivity contribution < 1.29 is 13.9 Å². The monoisotopic (exact) mass is 431 g/mol. The molecule has 0 unspecified atom stereocenters. The van der Waals surface area contributed by atoms with E-state index >= 15 is 0 Å². The zero-order valence-corrected chi connectivity index (χ0v) is 17.7. The Kier molecular flexibility index (Phi) is 5.79. The number of allylic oxidation sites excluding steroid dienone is 1. The van der Waals surface area contributed by atoms with Gasteiger partial charge in [-0.15, -0.1) is 0 Å². The first-order valence-corrected chi connectivity index (χ1v) is 9.96. The van der Waals surface area contributed by atoms with Crippen molar-refractivity contribution in [3.8, 4) is 11.5 Å². The summed E-state index contributed by atoms with van der Waals surface area (Å²) in [5.74, 6) is 0.175. The number of nitrogens with two attached hydrogens (primary N) is 1. The van der Waals surface area contributed by atoms with Crippen LogP contribution in [0.1, 0.15) is 25.1 Å². The molecule has 3 aromatic heterocycles. The van der Waals surface area contributed by atoms with Crippen LogP contribution in [0.2, 0.25) is 0 Å². The molecule has 0 bridgehead atoms. The van der Waals surface area contributed by atoms with Crippen molar-refractivity contribution in [1.29, 1.82) is 0 Å². The summed E-state index contributed by atoms with van der Waals surface area (Å²) in [6.07, 6.45) is 4.62. The number of aliphatic hydroxyl groups is 1. The van der Waals surface area contributed by atoms with Crippen molar-refractivity contribution in [2.75, 3.05) is 6.54 Å².